The van der Waals surface area contributed by atoms with Gasteiger partial charge in [-0.1, -0.05) is 65.5 Å². The molecular formula is C28H47ClO3. The molecule has 3 nitrogen and oxygen atoms in total. The molecule has 4 rings (SSSR count). The van der Waals surface area contributed by atoms with Crippen molar-refractivity contribution in [3.63, 3.8) is 0 Å². The first-order chi connectivity index (χ1) is 15.2. The van der Waals surface area contributed by atoms with Crippen molar-refractivity contribution in [3.8, 4) is 0 Å². The minimum Gasteiger partial charge on any atom is -0.393 e. The lowest BCUT2D eigenvalue weighted by molar-refractivity contribution is -0.120. The van der Waals surface area contributed by atoms with Crippen molar-refractivity contribution in [2.45, 2.75) is 111 Å². The number of allylic oxidation sites excluding steroid dienone is 1. The van der Waals surface area contributed by atoms with Gasteiger partial charge in [0.25, 0.3) is 0 Å². The first kappa shape index (κ1) is 26.1. The smallest absolute Gasteiger partial charge is 0.312 e. The lowest BCUT2D eigenvalue weighted by atomic mass is 9.47. The summed E-state index contributed by atoms with van der Waals surface area (Å²) in [6.45, 7) is 12.7. The van der Waals surface area contributed by atoms with Crippen molar-refractivity contribution >= 4 is 18.3 Å². The third kappa shape index (κ3) is 5.09. The predicted molar refractivity (Wildman–Crippen MR) is 132 cm³/mol. The van der Waals surface area contributed by atoms with E-state index in [-0.39, 0.29) is 12.6 Å². The van der Waals surface area contributed by atoms with E-state index in [0.29, 0.717) is 10.8 Å². The number of hydrogen-bond acceptors (Lipinski definition) is 3. The molecule has 3 fully saturated rings. The van der Waals surface area contributed by atoms with Gasteiger partial charge >= 0.3 is 6.47 Å². The van der Waals surface area contributed by atoms with Gasteiger partial charge in [0.05, 0.1) is 6.10 Å². The molecule has 4 aliphatic carbocycles. The second kappa shape index (κ2) is 10.8. The van der Waals surface area contributed by atoms with Gasteiger partial charge in [0, 0.05) is 0 Å². The van der Waals surface area contributed by atoms with Crippen molar-refractivity contribution < 1.29 is 14.2 Å². The van der Waals surface area contributed by atoms with Crippen LogP contribution in [-0.4, -0.2) is 17.7 Å². The van der Waals surface area contributed by atoms with Gasteiger partial charge in [-0.05, 0) is 97.7 Å². The van der Waals surface area contributed by atoms with E-state index in [9.17, 15) is 5.11 Å². The van der Waals surface area contributed by atoms with Crippen LogP contribution < -0.4 is 0 Å². The predicted octanol–water partition coefficient (Wildman–Crippen LogP) is 7.70. The van der Waals surface area contributed by atoms with Crippen molar-refractivity contribution in [1.29, 1.82) is 0 Å². The zero-order valence-electron chi connectivity index (χ0n) is 21.1. The SMILES string of the molecule is CC(C)CCC[C@@H](C)[C@H]1CC[C@H]2[C@@H]3CC=C4C[C@@H](O)CC[C@]4(C)[C@H]3CC[C@]12C.O=COCl. The molecule has 4 heteroatoms. The average Bonchev–Trinajstić information content (AvgIpc) is 3.11. The lowest BCUT2D eigenvalue weighted by Gasteiger charge is -2.58. The van der Waals surface area contributed by atoms with Crippen LogP contribution in [0.25, 0.3) is 0 Å². The molecule has 0 amide bonds. The minimum absolute atomic E-state index is 0.0766. The summed E-state index contributed by atoms with van der Waals surface area (Å²) >= 11 is 4.32. The highest BCUT2D eigenvalue weighted by atomic mass is 35.5. The molecule has 0 aliphatic heterocycles. The maximum Gasteiger partial charge on any atom is 0.312 e. The van der Waals surface area contributed by atoms with Crippen LogP contribution in [0.3, 0.4) is 0 Å². The third-order valence-corrected chi connectivity index (χ3v) is 10.4. The maximum absolute atomic E-state index is 10.2. The van der Waals surface area contributed by atoms with Crippen LogP contribution >= 0.6 is 11.9 Å². The molecule has 0 unspecified atom stereocenters. The largest absolute Gasteiger partial charge is 0.393 e. The van der Waals surface area contributed by atoms with Crippen molar-refractivity contribution in [1.82, 2.24) is 0 Å². The van der Waals surface area contributed by atoms with Crippen LogP contribution in [0.5, 0.6) is 0 Å². The molecule has 0 radical (unpaired) electrons. The molecule has 3 saturated carbocycles. The van der Waals surface area contributed by atoms with E-state index < -0.39 is 0 Å². The summed E-state index contributed by atoms with van der Waals surface area (Å²) in [5.41, 5.74) is 2.60. The molecule has 0 aromatic carbocycles. The van der Waals surface area contributed by atoms with Gasteiger partial charge in [-0.3, -0.25) is 4.79 Å². The summed E-state index contributed by atoms with van der Waals surface area (Å²) in [4.78, 5) is 8.82. The molecule has 0 bridgehead atoms. The molecule has 0 heterocycles. The first-order valence-corrected chi connectivity index (χ1v) is 13.6. The highest BCUT2D eigenvalue weighted by molar-refractivity contribution is 6.10. The summed E-state index contributed by atoms with van der Waals surface area (Å²) in [6, 6.07) is 0. The zero-order valence-corrected chi connectivity index (χ0v) is 21.9. The molecule has 184 valence electrons. The number of aliphatic hydroxyl groups is 1. The van der Waals surface area contributed by atoms with Crippen LogP contribution in [0.4, 0.5) is 0 Å². The molecule has 32 heavy (non-hydrogen) atoms. The van der Waals surface area contributed by atoms with Gasteiger partial charge in [0.15, 0.2) is 0 Å². The van der Waals surface area contributed by atoms with E-state index >= 15 is 0 Å². The van der Waals surface area contributed by atoms with Crippen LogP contribution in [0.2, 0.25) is 0 Å². The lowest BCUT2D eigenvalue weighted by Crippen LogP contribution is -2.50. The van der Waals surface area contributed by atoms with Gasteiger partial charge in [0.1, 0.15) is 11.9 Å². The quantitative estimate of drug-likeness (QED) is 0.322. The van der Waals surface area contributed by atoms with E-state index in [1.165, 1.54) is 57.8 Å². The Kier molecular flexibility index (Phi) is 8.80. The molecule has 1 N–H and O–H groups in total. The molecule has 0 spiro atoms. The normalized spacial score (nSPS) is 41.4. The fraction of sp³-hybridized carbons (Fsp3) is 0.893. The van der Waals surface area contributed by atoms with Crippen LogP contribution in [0, 0.1) is 46.3 Å². The summed E-state index contributed by atoms with van der Waals surface area (Å²) in [5, 5.41) is 10.2. The van der Waals surface area contributed by atoms with Crippen molar-refractivity contribution in [3.05, 3.63) is 11.6 Å². The Labute approximate surface area is 201 Å². The van der Waals surface area contributed by atoms with E-state index in [0.717, 1.165) is 48.3 Å². The highest BCUT2D eigenvalue weighted by Crippen LogP contribution is 2.67. The Bertz CT molecular complexity index is 661. The Balaban J connectivity index is 0.000000668. The number of carbonyl (C=O) groups excluding carboxylic acids is 1. The molecule has 8 atom stereocenters. The summed E-state index contributed by atoms with van der Waals surface area (Å²) in [6.07, 6.45) is 17.2. The van der Waals surface area contributed by atoms with E-state index in [1.807, 2.05) is 0 Å². The highest BCUT2D eigenvalue weighted by Gasteiger charge is 2.59. The Morgan fingerprint density at radius 1 is 1.12 bits per heavy atom. The summed E-state index contributed by atoms with van der Waals surface area (Å²) in [7, 11) is 0. The topological polar surface area (TPSA) is 46.5 Å². The molecule has 0 saturated heterocycles. The standard InChI is InChI=1S/C27H46O.CHClO2/c1-18(2)7-6-8-19(3)23-11-12-24-22-10-9-20-17-21(28)13-15-26(20,4)25(22)14-16-27(23,24)5;2-4-1-3/h9,18-19,21-25,28H,6-8,10-17H2,1-5H3;1H/t19-,21+,22+,23-,24+,25+,26+,27-;/m1./s1. The summed E-state index contributed by atoms with van der Waals surface area (Å²) < 4.78 is 3.33. The minimum atomic E-state index is -0.0766. The fourth-order valence-electron chi connectivity index (χ4n) is 8.67. The Morgan fingerprint density at radius 3 is 2.50 bits per heavy atom. The summed E-state index contributed by atoms with van der Waals surface area (Å²) in [5.74, 6) is 5.46. The van der Waals surface area contributed by atoms with E-state index in [2.05, 4.69) is 56.9 Å². The Morgan fingerprint density at radius 2 is 1.84 bits per heavy atom. The van der Waals surface area contributed by atoms with Crippen molar-refractivity contribution in [2.75, 3.05) is 0 Å². The molecule has 0 aromatic rings. The molecule has 0 aromatic heterocycles. The second-order valence-electron chi connectivity index (χ2n) is 12.4. The number of aliphatic hydroxyl groups excluding tert-OH is 1. The average molecular weight is 467 g/mol. The van der Waals surface area contributed by atoms with E-state index in [4.69, 9.17) is 4.79 Å². The van der Waals surface area contributed by atoms with Gasteiger partial charge in [-0.2, -0.15) is 0 Å². The number of rotatable bonds is 6. The first-order valence-electron chi connectivity index (χ1n) is 13.3. The third-order valence-electron chi connectivity index (χ3n) is 10.3. The number of fused-ring (bicyclic) bond motifs is 5. The number of hydrogen-bond donors (Lipinski definition) is 1. The van der Waals surface area contributed by atoms with Crippen LogP contribution in [0.1, 0.15) is 105 Å². The maximum atomic E-state index is 10.2. The number of halogens is 1. The second-order valence-corrected chi connectivity index (χ2v) is 12.5. The van der Waals surface area contributed by atoms with Crippen LogP contribution in [-0.2, 0) is 9.08 Å². The zero-order chi connectivity index (χ0) is 23.5. The number of carbonyl (C=O) groups is 1. The van der Waals surface area contributed by atoms with Gasteiger partial charge in [-0.25, -0.2) is 0 Å². The van der Waals surface area contributed by atoms with Gasteiger partial charge in [0.2, 0.25) is 0 Å². The van der Waals surface area contributed by atoms with Crippen molar-refractivity contribution in [2.24, 2.45) is 46.3 Å². The molecular weight excluding hydrogens is 420 g/mol. The van der Waals surface area contributed by atoms with Gasteiger partial charge < -0.3 is 9.40 Å². The molecule has 4 aliphatic rings. The van der Waals surface area contributed by atoms with Crippen LogP contribution in [0.15, 0.2) is 11.6 Å². The fourth-order valence-corrected chi connectivity index (χ4v) is 8.67. The van der Waals surface area contributed by atoms with Gasteiger partial charge in [-0.15, -0.1) is 0 Å². The monoisotopic (exact) mass is 466 g/mol. The Hall–Kier alpha value is -0.540. The van der Waals surface area contributed by atoms with E-state index in [1.54, 1.807) is 5.57 Å².